The van der Waals surface area contributed by atoms with Gasteiger partial charge in [-0.15, -0.1) is 11.6 Å². The molecule has 0 aliphatic heterocycles. The number of alkyl halides is 1. The molecule has 0 fully saturated rings. The lowest BCUT2D eigenvalue weighted by molar-refractivity contribution is 0.322. The summed E-state index contributed by atoms with van der Waals surface area (Å²) in [6, 6.07) is 0. The Kier molecular flexibility index (Phi) is 7.48. The molecule has 0 atom stereocenters. The Morgan fingerprint density at radius 2 is 2.12 bits per heavy atom. The van der Waals surface area contributed by atoms with E-state index < -0.39 is 0 Å². The van der Waals surface area contributed by atoms with E-state index in [0.717, 1.165) is 25.1 Å². The van der Waals surface area contributed by atoms with Crippen LogP contribution in [0.2, 0.25) is 0 Å². The molecule has 0 spiro atoms. The van der Waals surface area contributed by atoms with E-state index >= 15 is 0 Å². The molecule has 0 unspecified atom stereocenters. The fourth-order valence-corrected chi connectivity index (χ4v) is 0.663. The van der Waals surface area contributed by atoms with E-state index in [4.69, 9.17) is 16.7 Å². The zero-order valence-electron chi connectivity index (χ0n) is 4.94. The molecule has 1 N–H and O–H groups in total. The monoisotopic (exact) mass is 135 g/mol. The van der Waals surface area contributed by atoms with Crippen molar-refractivity contribution in [3.63, 3.8) is 0 Å². The molecule has 0 aromatic rings. The third-order valence-corrected chi connectivity index (χ3v) is 1.19. The van der Waals surface area contributed by atoms with Gasteiger partial charge < -0.3 is 5.11 Å². The topological polar surface area (TPSA) is 20.2 Å². The molecule has 0 aromatic heterocycles. The van der Waals surface area contributed by atoms with Gasteiger partial charge in [-0.1, -0.05) is 6.42 Å². The Morgan fingerprint density at radius 1 is 1.38 bits per heavy atom. The molecule has 0 saturated carbocycles. The fourth-order valence-electron chi connectivity index (χ4n) is 0.474. The molecule has 49 valence electrons. The molecule has 0 amide bonds. The van der Waals surface area contributed by atoms with Crippen LogP contribution in [-0.2, 0) is 0 Å². The van der Waals surface area contributed by atoms with Gasteiger partial charge in [-0.3, -0.25) is 0 Å². The largest absolute Gasteiger partial charge is 0.396 e. The van der Waals surface area contributed by atoms with Gasteiger partial charge in [0, 0.05) is 12.5 Å². The molecule has 2 heteroatoms. The van der Waals surface area contributed by atoms with Crippen LogP contribution in [0.15, 0.2) is 0 Å². The van der Waals surface area contributed by atoms with Crippen molar-refractivity contribution in [2.45, 2.75) is 19.3 Å². The van der Waals surface area contributed by atoms with E-state index in [1.807, 2.05) is 6.42 Å². The smallest absolute Gasteiger partial charge is 0.0462 e. The molecular weight excluding hydrogens is 124 g/mol. The normalized spacial score (nSPS) is 9.75. The van der Waals surface area contributed by atoms with Gasteiger partial charge in [0.2, 0.25) is 0 Å². The number of aliphatic hydroxyl groups is 1. The summed E-state index contributed by atoms with van der Waals surface area (Å²) >= 11 is 5.40. The third kappa shape index (κ3) is 6.25. The zero-order chi connectivity index (χ0) is 6.24. The van der Waals surface area contributed by atoms with Gasteiger partial charge in [-0.05, 0) is 19.3 Å². The van der Waals surface area contributed by atoms with Gasteiger partial charge in [-0.2, -0.15) is 0 Å². The first-order valence-corrected chi connectivity index (χ1v) is 3.43. The lowest BCUT2D eigenvalue weighted by Gasteiger charge is -1.92. The zero-order valence-corrected chi connectivity index (χ0v) is 5.69. The summed E-state index contributed by atoms with van der Waals surface area (Å²) in [5.41, 5.74) is 0. The molecular formula is C6H12ClO. The highest BCUT2D eigenvalue weighted by Gasteiger charge is 1.85. The van der Waals surface area contributed by atoms with E-state index in [1.165, 1.54) is 0 Å². The highest BCUT2D eigenvalue weighted by molar-refractivity contribution is 6.17. The number of hydrogen-bond donors (Lipinski definition) is 1. The van der Waals surface area contributed by atoms with Crippen LogP contribution in [0.25, 0.3) is 0 Å². The number of halogens is 1. The second kappa shape index (κ2) is 7.25. The summed E-state index contributed by atoms with van der Waals surface area (Å²) in [5.74, 6) is 0.735. The number of rotatable bonds is 5. The maximum Gasteiger partial charge on any atom is 0.0462 e. The molecule has 1 nitrogen and oxygen atoms in total. The van der Waals surface area contributed by atoms with Crippen LogP contribution in [0.3, 0.4) is 0 Å². The SMILES string of the molecule is OC[CH]CCCCCl. The molecule has 0 bridgehead atoms. The van der Waals surface area contributed by atoms with Crippen molar-refractivity contribution >= 4 is 11.6 Å². The molecule has 8 heavy (non-hydrogen) atoms. The maximum absolute atomic E-state index is 8.28. The minimum absolute atomic E-state index is 0.197. The molecule has 0 aliphatic rings. The van der Waals surface area contributed by atoms with Crippen molar-refractivity contribution in [3.05, 3.63) is 6.42 Å². The van der Waals surface area contributed by atoms with Crippen molar-refractivity contribution in [2.24, 2.45) is 0 Å². The standard InChI is InChI=1S/C6H12ClO/c7-5-3-1-2-4-6-8/h4,8H,1-3,5-6H2. The highest BCUT2D eigenvalue weighted by atomic mass is 35.5. The van der Waals surface area contributed by atoms with Crippen LogP contribution in [0.5, 0.6) is 0 Å². The summed E-state index contributed by atoms with van der Waals surface area (Å²) < 4.78 is 0. The summed E-state index contributed by atoms with van der Waals surface area (Å²) in [7, 11) is 0. The summed E-state index contributed by atoms with van der Waals surface area (Å²) in [6.45, 7) is 0.197. The first kappa shape index (κ1) is 8.25. The van der Waals surface area contributed by atoms with Crippen LogP contribution in [0.1, 0.15) is 19.3 Å². The Bertz CT molecular complexity index is 33.5. The molecule has 0 rings (SSSR count). The number of hydrogen-bond acceptors (Lipinski definition) is 1. The molecule has 1 radical (unpaired) electrons. The van der Waals surface area contributed by atoms with E-state index in [-0.39, 0.29) is 6.61 Å². The predicted molar refractivity (Wildman–Crippen MR) is 36.0 cm³/mol. The molecule has 0 saturated heterocycles. The lowest BCUT2D eigenvalue weighted by atomic mass is 10.2. The van der Waals surface area contributed by atoms with Gasteiger partial charge in [0.05, 0.1) is 0 Å². The van der Waals surface area contributed by atoms with Gasteiger partial charge >= 0.3 is 0 Å². The van der Waals surface area contributed by atoms with Crippen molar-refractivity contribution in [1.82, 2.24) is 0 Å². The first-order chi connectivity index (χ1) is 3.91. The second-order valence-electron chi connectivity index (χ2n) is 1.66. The molecule has 0 heterocycles. The number of aliphatic hydroxyl groups excluding tert-OH is 1. The van der Waals surface area contributed by atoms with Gasteiger partial charge in [-0.25, -0.2) is 0 Å². The van der Waals surface area contributed by atoms with E-state index in [2.05, 4.69) is 0 Å². The second-order valence-corrected chi connectivity index (χ2v) is 2.03. The van der Waals surface area contributed by atoms with Crippen LogP contribution >= 0.6 is 11.6 Å². The summed E-state index contributed by atoms with van der Waals surface area (Å²) in [5, 5.41) is 8.28. The van der Waals surface area contributed by atoms with Crippen molar-refractivity contribution in [3.8, 4) is 0 Å². The van der Waals surface area contributed by atoms with Crippen molar-refractivity contribution < 1.29 is 5.11 Å². The number of unbranched alkanes of at least 4 members (excludes halogenated alkanes) is 3. The van der Waals surface area contributed by atoms with Crippen molar-refractivity contribution in [2.75, 3.05) is 12.5 Å². The van der Waals surface area contributed by atoms with Gasteiger partial charge in [0.1, 0.15) is 0 Å². The first-order valence-electron chi connectivity index (χ1n) is 2.90. The average Bonchev–Trinajstić information content (AvgIpc) is 1.81. The van der Waals surface area contributed by atoms with E-state index in [9.17, 15) is 0 Å². The Hall–Kier alpha value is 0.250. The van der Waals surface area contributed by atoms with Crippen LogP contribution < -0.4 is 0 Å². The highest BCUT2D eigenvalue weighted by Crippen LogP contribution is 1.98. The Balaban J connectivity index is 2.53. The van der Waals surface area contributed by atoms with E-state index in [1.54, 1.807) is 0 Å². The maximum atomic E-state index is 8.28. The fraction of sp³-hybridized carbons (Fsp3) is 0.833. The van der Waals surface area contributed by atoms with Crippen LogP contribution in [-0.4, -0.2) is 17.6 Å². The summed E-state index contributed by atoms with van der Waals surface area (Å²) in [4.78, 5) is 0. The predicted octanol–water partition coefficient (Wildman–Crippen LogP) is 1.59. The Morgan fingerprint density at radius 3 is 2.62 bits per heavy atom. The lowest BCUT2D eigenvalue weighted by Crippen LogP contribution is -1.84. The van der Waals surface area contributed by atoms with Crippen LogP contribution in [0.4, 0.5) is 0 Å². The van der Waals surface area contributed by atoms with Crippen molar-refractivity contribution in [1.29, 1.82) is 0 Å². The quantitative estimate of drug-likeness (QED) is 0.449. The molecule has 0 aliphatic carbocycles. The average molecular weight is 136 g/mol. The minimum Gasteiger partial charge on any atom is -0.396 e. The van der Waals surface area contributed by atoms with Crippen LogP contribution in [0, 0.1) is 6.42 Å². The summed E-state index contributed by atoms with van der Waals surface area (Å²) in [6.07, 6.45) is 5.00. The van der Waals surface area contributed by atoms with Gasteiger partial charge in [0.25, 0.3) is 0 Å². The third-order valence-electron chi connectivity index (χ3n) is 0.921. The minimum atomic E-state index is 0.197. The Labute approximate surface area is 55.7 Å². The molecule has 0 aromatic carbocycles. The van der Waals surface area contributed by atoms with E-state index in [0.29, 0.717) is 0 Å². The van der Waals surface area contributed by atoms with Gasteiger partial charge in [0.15, 0.2) is 0 Å².